The Labute approximate surface area is 191 Å². The van der Waals surface area contributed by atoms with Gasteiger partial charge in [0.1, 0.15) is 11.4 Å². The van der Waals surface area contributed by atoms with Crippen molar-refractivity contribution in [1.29, 1.82) is 0 Å². The van der Waals surface area contributed by atoms with Crippen LogP contribution < -0.4 is 11.1 Å². The highest BCUT2D eigenvalue weighted by atomic mass is 32.1. The average molecular weight is 453 g/mol. The van der Waals surface area contributed by atoms with Crippen LogP contribution in [-0.2, 0) is 10.8 Å². The number of carbonyl (C=O) groups is 1. The molecule has 2 aromatic heterocycles. The fourth-order valence-corrected chi connectivity index (χ4v) is 3.93. The van der Waals surface area contributed by atoms with Crippen molar-refractivity contribution in [3.63, 3.8) is 0 Å². The lowest BCUT2D eigenvalue weighted by molar-refractivity contribution is 0.0949. The van der Waals surface area contributed by atoms with Crippen molar-refractivity contribution in [3.05, 3.63) is 68.6 Å². The highest BCUT2D eigenvalue weighted by molar-refractivity contribution is 7.13. The maximum atomic E-state index is 12.5. The van der Waals surface area contributed by atoms with E-state index in [4.69, 9.17) is 0 Å². The van der Waals surface area contributed by atoms with Crippen molar-refractivity contribution >= 4 is 23.5 Å². The number of carbonyl (C=O) groups excluding carboxylic acids is 1. The smallest absolute Gasteiger partial charge is 0.346 e. The van der Waals surface area contributed by atoms with E-state index < -0.39 is 11.6 Å². The van der Waals surface area contributed by atoms with Crippen LogP contribution in [-0.4, -0.2) is 27.2 Å². The number of hydrogen-bond donors (Lipinski definition) is 3. The summed E-state index contributed by atoms with van der Waals surface area (Å²) < 4.78 is 0. The van der Waals surface area contributed by atoms with Gasteiger partial charge in [0.2, 0.25) is 0 Å². The van der Waals surface area contributed by atoms with Crippen LogP contribution in [0.4, 0.5) is 0 Å². The third-order valence-electron chi connectivity index (χ3n) is 4.89. The molecule has 0 unspecified atom stereocenters. The lowest BCUT2D eigenvalue weighted by atomic mass is 9.78. The third-order valence-corrected chi connectivity index (χ3v) is 5.80. The van der Waals surface area contributed by atoms with E-state index >= 15 is 0 Å². The fraction of sp³-hybridized carbons (Fsp3) is 0.333. The molecule has 0 bridgehead atoms. The van der Waals surface area contributed by atoms with Crippen LogP contribution in [0.15, 0.2) is 45.6 Å². The zero-order valence-electron chi connectivity index (χ0n) is 19.1. The van der Waals surface area contributed by atoms with Gasteiger partial charge in [-0.2, -0.15) is 10.1 Å². The van der Waals surface area contributed by atoms with Gasteiger partial charge in [-0.1, -0.05) is 47.6 Å². The highest BCUT2D eigenvalue weighted by Crippen LogP contribution is 2.39. The standard InChI is InChI=1S/C24H28N4O3S/c1-23(2,3)15-10-14(11-16(20(15)29)24(4,5)6)13-25-28-21(30)18-12-17(26-22(31)27-18)19-8-7-9-32-19/h7-13,29H,1-6H3,(H,28,30)(H,26,27,31)/b25-13+. The van der Waals surface area contributed by atoms with Crippen LogP contribution in [0, 0.1) is 0 Å². The van der Waals surface area contributed by atoms with Crippen molar-refractivity contribution in [2.24, 2.45) is 5.10 Å². The van der Waals surface area contributed by atoms with Gasteiger partial charge in [0, 0.05) is 11.1 Å². The normalized spacial score (nSPS) is 12.3. The van der Waals surface area contributed by atoms with Crippen LogP contribution in [0.2, 0.25) is 0 Å². The number of thiophene rings is 1. The summed E-state index contributed by atoms with van der Waals surface area (Å²) in [6.07, 6.45) is 1.52. The number of hydrazone groups is 1. The Morgan fingerprint density at radius 2 is 1.75 bits per heavy atom. The first-order valence-electron chi connectivity index (χ1n) is 10.2. The summed E-state index contributed by atoms with van der Waals surface area (Å²) in [6.45, 7) is 12.2. The second-order valence-electron chi connectivity index (χ2n) is 9.63. The van der Waals surface area contributed by atoms with E-state index in [0.717, 1.165) is 21.6 Å². The van der Waals surface area contributed by atoms with E-state index in [2.05, 4.69) is 20.5 Å². The molecule has 0 saturated carbocycles. The topological polar surface area (TPSA) is 107 Å². The number of hydrogen-bond acceptors (Lipinski definition) is 6. The van der Waals surface area contributed by atoms with E-state index in [-0.39, 0.29) is 22.3 Å². The SMILES string of the molecule is CC(C)(C)c1cc(/C=N/NC(=O)c2cc(-c3cccs3)[nH]c(=O)n2)cc(C(C)(C)C)c1O. The molecule has 0 atom stereocenters. The van der Waals surface area contributed by atoms with E-state index in [0.29, 0.717) is 5.69 Å². The van der Waals surface area contributed by atoms with Gasteiger partial charge >= 0.3 is 5.69 Å². The Hall–Kier alpha value is -3.26. The quantitative estimate of drug-likeness (QED) is 0.398. The van der Waals surface area contributed by atoms with E-state index in [9.17, 15) is 14.7 Å². The van der Waals surface area contributed by atoms with Crippen LogP contribution in [0.1, 0.15) is 68.7 Å². The second kappa shape index (κ2) is 8.70. The summed E-state index contributed by atoms with van der Waals surface area (Å²) in [7, 11) is 0. The van der Waals surface area contributed by atoms with Gasteiger partial charge < -0.3 is 10.1 Å². The van der Waals surface area contributed by atoms with Crippen molar-refractivity contribution in [1.82, 2.24) is 15.4 Å². The Morgan fingerprint density at radius 1 is 1.12 bits per heavy atom. The van der Waals surface area contributed by atoms with Crippen LogP contribution in [0.5, 0.6) is 5.75 Å². The molecule has 0 fully saturated rings. The summed E-state index contributed by atoms with van der Waals surface area (Å²) in [5.41, 5.74) is 4.13. The molecule has 1 amide bonds. The molecule has 32 heavy (non-hydrogen) atoms. The van der Waals surface area contributed by atoms with Gasteiger partial charge in [-0.15, -0.1) is 11.3 Å². The van der Waals surface area contributed by atoms with Gasteiger partial charge in [0.05, 0.1) is 16.8 Å². The van der Waals surface area contributed by atoms with E-state index in [1.807, 2.05) is 71.2 Å². The average Bonchev–Trinajstić information content (AvgIpc) is 3.21. The summed E-state index contributed by atoms with van der Waals surface area (Å²) in [6, 6.07) is 8.95. The number of amides is 1. The molecule has 168 valence electrons. The molecule has 3 rings (SSSR count). The number of rotatable bonds is 4. The van der Waals surface area contributed by atoms with Gasteiger partial charge in [-0.3, -0.25) is 4.79 Å². The number of benzene rings is 1. The monoisotopic (exact) mass is 452 g/mol. The van der Waals surface area contributed by atoms with Crippen LogP contribution >= 0.6 is 11.3 Å². The summed E-state index contributed by atoms with van der Waals surface area (Å²) in [5.74, 6) is -0.309. The minimum absolute atomic E-state index is 0.0224. The minimum atomic E-state index is -0.604. The van der Waals surface area contributed by atoms with Crippen molar-refractivity contribution in [2.75, 3.05) is 0 Å². The summed E-state index contributed by atoms with van der Waals surface area (Å²) in [4.78, 5) is 31.6. The predicted molar refractivity (Wildman–Crippen MR) is 129 cm³/mol. The highest BCUT2D eigenvalue weighted by Gasteiger charge is 2.26. The number of nitrogens with zero attached hydrogens (tertiary/aromatic N) is 2. The first-order valence-corrected chi connectivity index (χ1v) is 11.1. The third kappa shape index (κ3) is 5.31. The predicted octanol–water partition coefficient (Wildman–Crippen LogP) is 4.56. The van der Waals surface area contributed by atoms with E-state index in [1.165, 1.54) is 23.6 Å². The van der Waals surface area contributed by atoms with Gasteiger partial charge in [-0.25, -0.2) is 10.2 Å². The lowest BCUT2D eigenvalue weighted by Gasteiger charge is -2.27. The van der Waals surface area contributed by atoms with Crippen molar-refractivity contribution < 1.29 is 9.90 Å². The summed E-state index contributed by atoms with van der Waals surface area (Å²) in [5, 5.41) is 16.8. The Bertz CT molecular complexity index is 1180. The molecule has 7 nitrogen and oxygen atoms in total. The zero-order valence-corrected chi connectivity index (χ0v) is 19.9. The molecule has 0 saturated heterocycles. The number of H-pyrrole nitrogens is 1. The molecular weight excluding hydrogens is 424 g/mol. The van der Waals surface area contributed by atoms with Gasteiger partial charge in [0.15, 0.2) is 0 Å². The molecule has 0 aliphatic heterocycles. The molecule has 3 aromatic rings. The van der Waals surface area contributed by atoms with E-state index in [1.54, 1.807) is 0 Å². The molecule has 1 aromatic carbocycles. The minimum Gasteiger partial charge on any atom is -0.507 e. The van der Waals surface area contributed by atoms with Crippen LogP contribution in [0.25, 0.3) is 10.6 Å². The molecule has 0 radical (unpaired) electrons. The molecule has 3 N–H and O–H groups in total. The largest absolute Gasteiger partial charge is 0.507 e. The second-order valence-corrected chi connectivity index (χ2v) is 10.6. The Morgan fingerprint density at radius 3 is 2.28 bits per heavy atom. The molecular formula is C24H28N4O3S. The fourth-order valence-electron chi connectivity index (χ4n) is 3.24. The van der Waals surface area contributed by atoms with Gasteiger partial charge in [-0.05, 0) is 46.0 Å². The van der Waals surface area contributed by atoms with Gasteiger partial charge in [0.25, 0.3) is 5.91 Å². The maximum absolute atomic E-state index is 12.5. The number of aromatic hydroxyl groups is 1. The van der Waals surface area contributed by atoms with Crippen molar-refractivity contribution in [2.45, 2.75) is 52.4 Å². The Balaban J connectivity index is 1.88. The number of nitrogens with one attached hydrogen (secondary N) is 2. The zero-order chi connectivity index (χ0) is 23.7. The number of aromatic amines is 1. The molecule has 0 spiro atoms. The number of phenolic OH excluding ortho intramolecular Hbond substituents is 1. The van der Waals surface area contributed by atoms with Crippen LogP contribution in [0.3, 0.4) is 0 Å². The number of aromatic nitrogens is 2. The first kappa shape index (κ1) is 23.4. The Kier molecular flexibility index (Phi) is 6.37. The molecule has 2 heterocycles. The number of phenols is 1. The lowest BCUT2D eigenvalue weighted by Crippen LogP contribution is -2.24. The molecule has 0 aliphatic rings. The summed E-state index contributed by atoms with van der Waals surface area (Å²) >= 11 is 1.45. The maximum Gasteiger partial charge on any atom is 0.346 e. The van der Waals surface area contributed by atoms with Crippen molar-refractivity contribution in [3.8, 4) is 16.3 Å². The molecule has 8 heteroatoms. The first-order chi connectivity index (χ1) is 14.9. The molecule has 0 aliphatic carbocycles.